The van der Waals surface area contributed by atoms with Gasteiger partial charge in [-0.25, -0.2) is 0 Å². The second kappa shape index (κ2) is 1.20. The van der Waals surface area contributed by atoms with Crippen LogP contribution in [0.3, 0.4) is 0 Å². The van der Waals surface area contributed by atoms with E-state index in [4.69, 9.17) is 0 Å². The van der Waals surface area contributed by atoms with Crippen LogP contribution in [0, 0.1) is 5.41 Å². The van der Waals surface area contributed by atoms with Gasteiger partial charge in [-0.1, -0.05) is 36.5 Å². The first-order valence-corrected chi connectivity index (χ1v) is 3.71. The fourth-order valence-corrected chi connectivity index (χ4v) is 2.06. The average molecular weight is 128 g/mol. The molecule has 1 atom stereocenters. The third kappa shape index (κ3) is 0.316. The molecule has 3 aliphatic rings. The molecule has 1 spiro atoms. The normalized spacial score (nSPS) is 38.4. The van der Waals surface area contributed by atoms with Gasteiger partial charge in [0.2, 0.25) is 0 Å². The van der Waals surface area contributed by atoms with Gasteiger partial charge in [-0.2, -0.15) is 0 Å². The minimum atomic E-state index is 0.411. The van der Waals surface area contributed by atoms with Crippen molar-refractivity contribution in [2.75, 3.05) is 0 Å². The molecule has 48 valence electrons. The summed E-state index contributed by atoms with van der Waals surface area (Å²) in [5, 5.41) is 0. The third-order valence-corrected chi connectivity index (χ3v) is 2.67. The summed E-state index contributed by atoms with van der Waals surface area (Å²) in [4.78, 5) is 0. The standard InChI is InChI=1S/C10H8/c1-2-6-10-7-3-5-9(10)8(10)4-1/h1-6H,7H2. The molecule has 0 nitrogen and oxygen atoms in total. The van der Waals surface area contributed by atoms with Gasteiger partial charge in [0.05, 0.1) is 0 Å². The molecule has 0 fully saturated rings. The van der Waals surface area contributed by atoms with E-state index in [0.29, 0.717) is 5.41 Å². The van der Waals surface area contributed by atoms with Crippen LogP contribution in [0.4, 0.5) is 0 Å². The van der Waals surface area contributed by atoms with Crippen LogP contribution >= 0.6 is 0 Å². The van der Waals surface area contributed by atoms with Crippen molar-refractivity contribution in [2.45, 2.75) is 6.42 Å². The van der Waals surface area contributed by atoms with Crippen molar-refractivity contribution < 1.29 is 0 Å². The van der Waals surface area contributed by atoms with Crippen LogP contribution in [0.2, 0.25) is 0 Å². The smallest absolute Gasteiger partial charge is 0.0425 e. The molecular formula is C10H8. The Hall–Kier alpha value is -1.04. The first-order valence-electron chi connectivity index (χ1n) is 3.71. The van der Waals surface area contributed by atoms with Crippen LogP contribution in [0.15, 0.2) is 47.6 Å². The number of allylic oxidation sites excluding steroid dienone is 8. The monoisotopic (exact) mass is 128 g/mol. The highest BCUT2D eigenvalue weighted by molar-refractivity contribution is 5.69. The van der Waals surface area contributed by atoms with Gasteiger partial charge in [0, 0.05) is 5.41 Å². The lowest BCUT2D eigenvalue weighted by Gasteiger charge is -2.09. The zero-order valence-electron chi connectivity index (χ0n) is 5.67. The van der Waals surface area contributed by atoms with E-state index in [-0.39, 0.29) is 0 Å². The van der Waals surface area contributed by atoms with Gasteiger partial charge in [-0.3, -0.25) is 0 Å². The number of hydrogen-bond donors (Lipinski definition) is 0. The summed E-state index contributed by atoms with van der Waals surface area (Å²) in [6.07, 6.45) is 14.6. The Balaban J connectivity index is 2.21. The maximum Gasteiger partial charge on any atom is 0.0425 e. The van der Waals surface area contributed by atoms with Gasteiger partial charge >= 0.3 is 0 Å². The Morgan fingerprint density at radius 2 is 2.00 bits per heavy atom. The molecule has 0 aromatic carbocycles. The third-order valence-electron chi connectivity index (χ3n) is 2.67. The summed E-state index contributed by atoms with van der Waals surface area (Å²) in [7, 11) is 0. The summed E-state index contributed by atoms with van der Waals surface area (Å²) in [5.41, 5.74) is 3.52. The predicted octanol–water partition coefficient (Wildman–Crippen LogP) is 2.37. The van der Waals surface area contributed by atoms with Gasteiger partial charge in [0.15, 0.2) is 0 Å². The number of rotatable bonds is 0. The molecule has 0 saturated carbocycles. The Bertz CT molecular complexity index is 305. The van der Waals surface area contributed by atoms with Crippen molar-refractivity contribution in [3.05, 3.63) is 47.6 Å². The van der Waals surface area contributed by atoms with Crippen LogP contribution in [0.1, 0.15) is 6.42 Å². The van der Waals surface area contributed by atoms with Crippen molar-refractivity contribution in [1.29, 1.82) is 0 Å². The molecule has 0 aromatic heterocycles. The maximum absolute atomic E-state index is 2.32. The lowest BCUT2D eigenvalue weighted by atomic mass is 9.93. The molecule has 10 heavy (non-hydrogen) atoms. The molecule has 0 radical (unpaired) electrons. The topological polar surface area (TPSA) is 0 Å². The molecule has 0 saturated heterocycles. The fraction of sp³-hybridized carbons (Fsp3) is 0.200. The highest BCUT2D eigenvalue weighted by Crippen LogP contribution is 2.62. The Morgan fingerprint density at radius 1 is 1.10 bits per heavy atom. The minimum Gasteiger partial charge on any atom is -0.0827 e. The zero-order valence-corrected chi connectivity index (χ0v) is 5.67. The van der Waals surface area contributed by atoms with Crippen LogP contribution in [0.25, 0.3) is 0 Å². The Kier molecular flexibility index (Phi) is 0.565. The SMILES string of the molecule is C1=CC2=C3C=CCC23C=C1. The molecule has 3 rings (SSSR count). The molecule has 0 amide bonds. The van der Waals surface area contributed by atoms with Crippen LogP contribution in [0.5, 0.6) is 0 Å². The summed E-state index contributed by atoms with van der Waals surface area (Å²) in [6, 6.07) is 0. The molecular weight excluding hydrogens is 120 g/mol. The first-order chi connectivity index (χ1) is 4.93. The largest absolute Gasteiger partial charge is 0.0827 e. The summed E-state index contributed by atoms with van der Waals surface area (Å²) in [5.74, 6) is 0. The van der Waals surface area contributed by atoms with E-state index < -0.39 is 0 Å². The second-order valence-electron chi connectivity index (χ2n) is 3.12. The lowest BCUT2D eigenvalue weighted by molar-refractivity contribution is 0.723. The Morgan fingerprint density at radius 3 is 2.90 bits per heavy atom. The van der Waals surface area contributed by atoms with Crippen LogP contribution in [-0.2, 0) is 0 Å². The van der Waals surface area contributed by atoms with E-state index in [2.05, 4.69) is 36.5 Å². The van der Waals surface area contributed by atoms with Crippen molar-refractivity contribution in [2.24, 2.45) is 5.41 Å². The summed E-state index contributed by atoms with van der Waals surface area (Å²) in [6.45, 7) is 0. The van der Waals surface area contributed by atoms with E-state index in [9.17, 15) is 0 Å². The van der Waals surface area contributed by atoms with Crippen LogP contribution in [-0.4, -0.2) is 0 Å². The Labute approximate surface area is 60.2 Å². The predicted molar refractivity (Wildman–Crippen MR) is 41.5 cm³/mol. The molecule has 0 aliphatic heterocycles. The highest BCUT2D eigenvalue weighted by Gasteiger charge is 2.50. The van der Waals surface area contributed by atoms with Gasteiger partial charge in [-0.15, -0.1) is 0 Å². The van der Waals surface area contributed by atoms with Crippen molar-refractivity contribution in [3.8, 4) is 0 Å². The van der Waals surface area contributed by atoms with Gasteiger partial charge in [0.1, 0.15) is 0 Å². The minimum absolute atomic E-state index is 0.411. The highest BCUT2D eigenvalue weighted by atomic mass is 14.5. The summed E-state index contributed by atoms with van der Waals surface area (Å²) >= 11 is 0. The van der Waals surface area contributed by atoms with Gasteiger partial charge in [-0.05, 0) is 17.6 Å². The van der Waals surface area contributed by atoms with Crippen molar-refractivity contribution >= 4 is 0 Å². The van der Waals surface area contributed by atoms with E-state index in [0.717, 1.165) is 0 Å². The van der Waals surface area contributed by atoms with Crippen molar-refractivity contribution in [1.82, 2.24) is 0 Å². The second-order valence-corrected chi connectivity index (χ2v) is 3.12. The average Bonchev–Trinajstić information content (AvgIpc) is 2.44. The van der Waals surface area contributed by atoms with Crippen molar-refractivity contribution in [3.63, 3.8) is 0 Å². The lowest BCUT2D eigenvalue weighted by Crippen LogP contribution is -1.99. The van der Waals surface area contributed by atoms with E-state index in [1.165, 1.54) is 6.42 Å². The fourth-order valence-electron chi connectivity index (χ4n) is 2.06. The molecule has 3 aliphatic carbocycles. The molecule has 0 heterocycles. The number of hydrogen-bond acceptors (Lipinski definition) is 0. The molecule has 0 bridgehead atoms. The molecule has 0 N–H and O–H groups in total. The quantitative estimate of drug-likeness (QED) is 0.470. The van der Waals surface area contributed by atoms with Gasteiger partial charge in [0.25, 0.3) is 0 Å². The van der Waals surface area contributed by atoms with Crippen LogP contribution < -0.4 is 0 Å². The van der Waals surface area contributed by atoms with E-state index in [1.807, 2.05) is 0 Å². The van der Waals surface area contributed by atoms with E-state index >= 15 is 0 Å². The van der Waals surface area contributed by atoms with E-state index in [1.54, 1.807) is 11.1 Å². The maximum atomic E-state index is 2.32. The molecule has 0 aromatic rings. The first kappa shape index (κ1) is 4.73. The summed E-state index contributed by atoms with van der Waals surface area (Å²) < 4.78 is 0. The molecule has 1 unspecified atom stereocenters. The molecule has 0 heteroatoms. The zero-order chi connectivity index (χ0) is 6.60. The van der Waals surface area contributed by atoms with Gasteiger partial charge < -0.3 is 0 Å².